The van der Waals surface area contributed by atoms with E-state index in [-0.39, 0.29) is 26.4 Å². The molecule has 3 rings (SSSR count). The highest BCUT2D eigenvalue weighted by Gasteiger charge is 2.39. The Labute approximate surface area is 192 Å². The fraction of sp³-hybridized carbons (Fsp3) is 0.375. The molecule has 1 heterocycles. The lowest BCUT2D eigenvalue weighted by atomic mass is 10.1. The normalized spacial score (nSPS) is 16.8. The second-order valence-electron chi connectivity index (χ2n) is 7.36. The third kappa shape index (κ3) is 6.30. The Bertz CT molecular complexity index is 977. The van der Waals surface area contributed by atoms with Gasteiger partial charge in [-0.2, -0.15) is 0 Å². The van der Waals surface area contributed by atoms with Crippen molar-refractivity contribution in [3.05, 3.63) is 54.1 Å². The first-order valence-electron chi connectivity index (χ1n) is 10.8. The summed E-state index contributed by atoms with van der Waals surface area (Å²) in [5.41, 5.74) is 2.13. The van der Waals surface area contributed by atoms with Gasteiger partial charge in [0.05, 0.1) is 13.2 Å². The van der Waals surface area contributed by atoms with E-state index in [9.17, 15) is 19.5 Å². The molecule has 2 aromatic rings. The van der Waals surface area contributed by atoms with Gasteiger partial charge in [-0.15, -0.1) is 0 Å². The lowest BCUT2D eigenvalue weighted by molar-refractivity contribution is -0.150. The molecule has 0 spiro atoms. The number of anilines is 2. The minimum atomic E-state index is -1.69. The molecule has 9 nitrogen and oxygen atoms in total. The van der Waals surface area contributed by atoms with Crippen molar-refractivity contribution in [2.45, 2.75) is 32.5 Å². The standard InChI is InChI=1S/C24H28N2O7/c1-3-16-8-10-17(11-9-16)25-23(29)21(28)22-24(30)26(12-13-32-22)18-6-5-7-19(14-18)33-15-20(27)31-4-2/h5-11,14,21-22,28H,3-4,12-13,15H2,1-2H3,(H,25,29)/t21-,22-/m1/s1. The number of rotatable bonds is 9. The van der Waals surface area contributed by atoms with Gasteiger partial charge in [-0.1, -0.05) is 25.1 Å². The van der Waals surface area contributed by atoms with Crippen LogP contribution in [0, 0.1) is 0 Å². The summed E-state index contributed by atoms with van der Waals surface area (Å²) in [4.78, 5) is 38.5. The van der Waals surface area contributed by atoms with Crippen molar-refractivity contribution in [1.82, 2.24) is 0 Å². The van der Waals surface area contributed by atoms with Crippen LogP contribution in [0.1, 0.15) is 19.4 Å². The second-order valence-corrected chi connectivity index (χ2v) is 7.36. The molecule has 2 atom stereocenters. The number of amides is 2. The Kier molecular flexibility index (Phi) is 8.39. The van der Waals surface area contributed by atoms with Crippen LogP contribution in [0.5, 0.6) is 5.75 Å². The molecule has 0 aromatic heterocycles. The van der Waals surface area contributed by atoms with E-state index in [4.69, 9.17) is 14.2 Å². The SMILES string of the molecule is CCOC(=O)COc1cccc(N2CCO[C@H]([C@@H](O)C(=O)Nc3ccc(CC)cc3)C2=O)c1. The van der Waals surface area contributed by atoms with Gasteiger partial charge in [0, 0.05) is 24.0 Å². The van der Waals surface area contributed by atoms with Crippen LogP contribution >= 0.6 is 0 Å². The molecule has 0 radical (unpaired) electrons. The van der Waals surface area contributed by atoms with Crippen molar-refractivity contribution in [2.75, 3.05) is 36.6 Å². The molecular weight excluding hydrogens is 428 g/mol. The van der Waals surface area contributed by atoms with Gasteiger partial charge >= 0.3 is 5.97 Å². The molecule has 2 aromatic carbocycles. The van der Waals surface area contributed by atoms with Gasteiger partial charge in [-0.3, -0.25) is 9.59 Å². The van der Waals surface area contributed by atoms with Gasteiger partial charge in [-0.05, 0) is 43.2 Å². The first-order valence-corrected chi connectivity index (χ1v) is 10.8. The van der Waals surface area contributed by atoms with E-state index in [2.05, 4.69) is 5.32 Å². The molecule has 1 saturated heterocycles. The molecule has 0 bridgehead atoms. The van der Waals surface area contributed by atoms with Crippen molar-refractivity contribution in [3.63, 3.8) is 0 Å². The molecule has 9 heteroatoms. The molecular formula is C24H28N2O7. The number of aliphatic hydroxyl groups excluding tert-OH is 1. The van der Waals surface area contributed by atoms with Gasteiger partial charge in [0.1, 0.15) is 5.75 Å². The minimum Gasteiger partial charge on any atom is -0.482 e. The number of benzene rings is 2. The van der Waals surface area contributed by atoms with Crippen molar-refractivity contribution in [1.29, 1.82) is 0 Å². The predicted molar refractivity (Wildman–Crippen MR) is 121 cm³/mol. The van der Waals surface area contributed by atoms with E-state index in [1.54, 1.807) is 43.3 Å². The summed E-state index contributed by atoms with van der Waals surface area (Å²) in [6.07, 6.45) is -2.17. The molecule has 0 saturated carbocycles. The first kappa shape index (κ1) is 24.2. The predicted octanol–water partition coefficient (Wildman–Crippen LogP) is 1.92. The Morgan fingerprint density at radius 3 is 2.67 bits per heavy atom. The van der Waals surface area contributed by atoms with E-state index in [1.165, 1.54) is 4.90 Å². The monoisotopic (exact) mass is 456 g/mol. The number of hydrogen-bond donors (Lipinski definition) is 2. The van der Waals surface area contributed by atoms with Gasteiger partial charge in [0.25, 0.3) is 11.8 Å². The number of esters is 1. The van der Waals surface area contributed by atoms with Crippen LogP contribution < -0.4 is 15.0 Å². The van der Waals surface area contributed by atoms with E-state index in [0.29, 0.717) is 17.1 Å². The average Bonchev–Trinajstić information content (AvgIpc) is 2.83. The number of ether oxygens (including phenoxy) is 3. The molecule has 2 N–H and O–H groups in total. The highest BCUT2D eigenvalue weighted by Crippen LogP contribution is 2.25. The highest BCUT2D eigenvalue weighted by molar-refractivity contribution is 6.03. The second kappa shape index (κ2) is 11.4. The highest BCUT2D eigenvalue weighted by atomic mass is 16.6. The summed E-state index contributed by atoms with van der Waals surface area (Å²) < 4.78 is 15.7. The van der Waals surface area contributed by atoms with Crippen LogP contribution in [0.4, 0.5) is 11.4 Å². The largest absolute Gasteiger partial charge is 0.482 e. The fourth-order valence-electron chi connectivity index (χ4n) is 3.35. The number of carbonyl (C=O) groups excluding carboxylic acids is 3. The number of aryl methyl sites for hydroxylation is 1. The maximum Gasteiger partial charge on any atom is 0.344 e. The van der Waals surface area contributed by atoms with Crippen LogP contribution in [0.3, 0.4) is 0 Å². The van der Waals surface area contributed by atoms with Crippen molar-refractivity contribution >= 4 is 29.2 Å². The molecule has 1 aliphatic rings. The lowest BCUT2D eigenvalue weighted by Crippen LogP contribution is -2.55. The van der Waals surface area contributed by atoms with Crippen molar-refractivity contribution in [3.8, 4) is 5.75 Å². The minimum absolute atomic E-state index is 0.139. The van der Waals surface area contributed by atoms with Crippen LogP contribution in [0.15, 0.2) is 48.5 Å². The number of nitrogens with one attached hydrogen (secondary N) is 1. The third-order valence-corrected chi connectivity index (χ3v) is 5.10. The number of hydrogen-bond acceptors (Lipinski definition) is 7. The van der Waals surface area contributed by atoms with Crippen LogP contribution in [-0.2, 0) is 30.3 Å². The van der Waals surface area contributed by atoms with Crippen LogP contribution in [-0.4, -0.2) is 61.5 Å². The topological polar surface area (TPSA) is 114 Å². The smallest absolute Gasteiger partial charge is 0.344 e. The van der Waals surface area contributed by atoms with Crippen LogP contribution in [0.25, 0.3) is 0 Å². The molecule has 0 unspecified atom stereocenters. The van der Waals surface area contributed by atoms with Gasteiger partial charge in [-0.25, -0.2) is 4.79 Å². The zero-order chi connectivity index (χ0) is 23.8. The quantitative estimate of drug-likeness (QED) is 0.554. The van der Waals surface area contributed by atoms with Gasteiger partial charge in [0.2, 0.25) is 0 Å². The number of carbonyl (C=O) groups is 3. The van der Waals surface area contributed by atoms with E-state index < -0.39 is 30.0 Å². The number of morpholine rings is 1. The van der Waals surface area contributed by atoms with Gasteiger partial charge < -0.3 is 29.5 Å². The lowest BCUT2D eigenvalue weighted by Gasteiger charge is -2.34. The Hall–Kier alpha value is -3.43. The average molecular weight is 456 g/mol. The molecule has 2 amide bonds. The summed E-state index contributed by atoms with van der Waals surface area (Å²) >= 11 is 0. The molecule has 0 aliphatic carbocycles. The molecule has 1 aliphatic heterocycles. The molecule has 176 valence electrons. The van der Waals surface area contributed by atoms with E-state index >= 15 is 0 Å². The Morgan fingerprint density at radius 2 is 1.97 bits per heavy atom. The summed E-state index contributed by atoms with van der Waals surface area (Å²) in [6.45, 7) is 4.11. The summed E-state index contributed by atoms with van der Waals surface area (Å²) in [5.74, 6) is -1.40. The summed E-state index contributed by atoms with van der Waals surface area (Å²) in [7, 11) is 0. The first-order chi connectivity index (χ1) is 15.9. The number of aliphatic hydroxyl groups is 1. The van der Waals surface area contributed by atoms with Crippen molar-refractivity contribution in [2.24, 2.45) is 0 Å². The third-order valence-electron chi connectivity index (χ3n) is 5.10. The Balaban J connectivity index is 1.65. The summed E-state index contributed by atoms with van der Waals surface area (Å²) in [6, 6.07) is 13.8. The molecule has 1 fully saturated rings. The van der Waals surface area contributed by atoms with Gasteiger partial charge in [0.15, 0.2) is 18.8 Å². The van der Waals surface area contributed by atoms with Crippen LogP contribution in [0.2, 0.25) is 0 Å². The van der Waals surface area contributed by atoms with E-state index in [1.807, 2.05) is 19.1 Å². The Morgan fingerprint density at radius 1 is 1.21 bits per heavy atom. The zero-order valence-electron chi connectivity index (χ0n) is 18.7. The maximum atomic E-state index is 13.0. The molecule has 33 heavy (non-hydrogen) atoms. The maximum absolute atomic E-state index is 13.0. The summed E-state index contributed by atoms with van der Waals surface area (Å²) in [5, 5.41) is 13.1. The fourth-order valence-corrected chi connectivity index (χ4v) is 3.35. The zero-order valence-corrected chi connectivity index (χ0v) is 18.7. The van der Waals surface area contributed by atoms with Crippen molar-refractivity contribution < 1.29 is 33.7 Å². The van der Waals surface area contributed by atoms with E-state index in [0.717, 1.165) is 12.0 Å². The number of nitrogens with zero attached hydrogens (tertiary/aromatic N) is 1.